The summed E-state index contributed by atoms with van der Waals surface area (Å²) in [5.74, 6) is -0.216. The highest BCUT2D eigenvalue weighted by atomic mass is 32.1. The zero-order valence-electron chi connectivity index (χ0n) is 18.3. The van der Waals surface area contributed by atoms with Crippen LogP contribution in [0.25, 0.3) is 16.1 Å². The van der Waals surface area contributed by atoms with E-state index in [9.17, 15) is 9.59 Å². The number of imidazole rings is 1. The van der Waals surface area contributed by atoms with Crippen LogP contribution in [0.2, 0.25) is 0 Å². The van der Waals surface area contributed by atoms with Crippen LogP contribution in [0.4, 0.5) is 0 Å². The molecule has 2 heterocycles. The molecule has 2 amide bonds. The number of rotatable bonds is 7. The molecule has 0 aliphatic carbocycles. The molecule has 0 aliphatic rings. The first-order valence-corrected chi connectivity index (χ1v) is 11.5. The predicted octanol–water partition coefficient (Wildman–Crippen LogP) is 4.56. The fourth-order valence-corrected chi connectivity index (χ4v) is 4.46. The Morgan fingerprint density at radius 2 is 1.75 bits per heavy atom. The van der Waals surface area contributed by atoms with Crippen molar-refractivity contribution in [3.63, 3.8) is 0 Å². The Hall–Kier alpha value is -3.45. The number of hydrogen-bond acceptors (Lipinski definition) is 4. The number of benzene rings is 2. The normalized spacial score (nSPS) is 12.1. The van der Waals surface area contributed by atoms with Crippen molar-refractivity contribution in [2.45, 2.75) is 26.8 Å². The molecule has 32 heavy (non-hydrogen) atoms. The largest absolute Gasteiger partial charge is 0.349 e. The first kappa shape index (κ1) is 21.8. The molecule has 0 bridgehead atoms. The Kier molecular flexibility index (Phi) is 6.37. The maximum Gasteiger partial charge on any atom is 0.270 e. The van der Waals surface area contributed by atoms with Gasteiger partial charge in [-0.05, 0) is 30.0 Å². The van der Waals surface area contributed by atoms with E-state index in [0.717, 1.165) is 16.1 Å². The van der Waals surface area contributed by atoms with Gasteiger partial charge in [-0.15, -0.1) is 11.3 Å². The van der Waals surface area contributed by atoms with E-state index in [0.29, 0.717) is 23.5 Å². The fourth-order valence-electron chi connectivity index (χ4n) is 3.70. The Morgan fingerprint density at radius 1 is 1.03 bits per heavy atom. The third-order valence-corrected chi connectivity index (χ3v) is 6.27. The van der Waals surface area contributed by atoms with E-state index in [1.165, 1.54) is 11.3 Å². The summed E-state index contributed by atoms with van der Waals surface area (Å²) in [6.45, 7) is 6.21. The van der Waals surface area contributed by atoms with E-state index >= 15 is 0 Å². The van der Waals surface area contributed by atoms with Gasteiger partial charge in [-0.25, -0.2) is 4.98 Å². The van der Waals surface area contributed by atoms with E-state index in [1.54, 1.807) is 4.40 Å². The average Bonchev–Trinajstić information content (AvgIpc) is 3.36. The number of hydrogen-bond donors (Lipinski definition) is 2. The number of carbonyl (C=O) groups excluding carboxylic acids is 2. The number of aromatic nitrogens is 2. The smallest absolute Gasteiger partial charge is 0.270 e. The summed E-state index contributed by atoms with van der Waals surface area (Å²) in [5.41, 5.74) is 3.71. The van der Waals surface area contributed by atoms with Crippen LogP contribution in [-0.2, 0) is 0 Å². The molecule has 4 aromatic rings. The lowest BCUT2D eigenvalue weighted by molar-refractivity contribution is 0.0895. The summed E-state index contributed by atoms with van der Waals surface area (Å²) in [6.07, 6.45) is 1.84. The predicted molar refractivity (Wildman–Crippen MR) is 128 cm³/mol. The molecule has 6 nitrogen and oxygen atoms in total. The van der Waals surface area contributed by atoms with Gasteiger partial charge < -0.3 is 10.6 Å². The maximum atomic E-state index is 13.2. The monoisotopic (exact) mass is 446 g/mol. The van der Waals surface area contributed by atoms with Crippen LogP contribution in [0.1, 0.15) is 40.4 Å². The molecular weight excluding hydrogens is 420 g/mol. The highest BCUT2D eigenvalue weighted by Gasteiger charge is 2.22. The van der Waals surface area contributed by atoms with Crippen molar-refractivity contribution in [2.75, 3.05) is 6.54 Å². The van der Waals surface area contributed by atoms with Gasteiger partial charge in [-0.3, -0.25) is 14.0 Å². The van der Waals surface area contributed by atoms with Crippen molar-refractivity contribution in [2.24, 2.45) is 5.92 Å². The van der Waals surface area contributed by atoms with E-state index in [2.05, 4.69) is 15.6 Å². The van der Waals surface area contributed by atoms with Crippen LogP contribution in [-0.4, -0.2) is 33.8 Å². The van der Waals surface area contributed by atoms with Crippen molar-refractivity contribution in [3.05, 3.63) is 83.1 Å². The van der Waals surface area contributed by atoms with Crippen LogP contribution in [0.15, 0.2) is 66.2 Å². The lowest BCUT2D eigenvalue weighted by Gasteiger charge is -2.23. The van der Waals surface area contributed by atoms with Crippen LogP contribution in [0, 0.1) is 12.8 Å². The second kappa shape index (κ2) is 9.36. The topological polar surface area (TPSA) is 75.5 Å². The zero-order chi connectivity index (χ0) is 22.7. The average molecular weight is 447 g/mol. The van der Waals surface area contributed by atoms with Crippen molar-refractivity contribution in [3.8, 4) is 11.1 Å². The number of amides is 2. The van der Waals surface area contributed by atoms with Crippen LogP contribution in [0.3, 0.4) is 0 Å². The lowest BCUT2D eigenvalue weighted by atomic mass is 9.98. The van der Waals surface area contributed by atoms with Crippen molar-refractivity contribution in [1.82, 2.24) is 20.0 Å². The number of nitrogens with one attached hydrogen (secondary N) is 2. The van der Waals surface area contributed by atoms with Crippen LogP contribution in [0.5, 0.6) is 0 Å². The van der Waals surface area contributed by atoms with Crippen molar-refractivity contribution in [1.29, 1.82) is 0 Å². The van der Waals surface area contributed by atoms with Gasteiger partial charge in [-0.1, -0.05) is 62.4 Å². The molecule has 0 spiro atoms. The summed E-state index contributed by atoms with van der Waals surface area (Å²) >= 11 is 1.49. The van der Waals surface area contributed by atoms with Crippen LogP contribution >= 0.6 is 11.3 Å². The quantitative estimate of drug-likeness (QED) is 0.437. The first-order valence-electron chi connectivity index (χ1n) is 10.6. The first-order chi connectivity index (χ1) is 15.5. The number of fused-ring (bicyclic) bond motifs is 1. The van der Waals surface area contributed by atoms with Gasteiger partial charge in [0.15, 0.2) is 4.96 Å². The van der Waals surface area contributed by atoms with E-state index in [-0.39, 0.29) is 23.8 Å². The van der Waals surface area contributed by atoms with E-state index < -0.39 is 0 Å². The third-order valence-electron chi connectivity index (χ3n) is 5.51. The molecule has 2 aromatic carbocycles. The minimum Gasteiger partial charge on any atom is -0.349 e. The number of carbonyl (C=O) groups is 2. The second-order valence-electron chi connectivity index (χ2n) is 8.05. The molecule has 4 rings (SSSR count). The SMILES string of the molecule is Cc1nc2sccn2c1C(=O)NCC(NC(=O)c1ccccc1-c1ccccc1)C(C)C. The highest BCUT2D eigenvalue weighted by Crippen LogP contribution is 2.23. The van der Waals surface area contributed by atoms with Gasteiger partial charge in [0.2, 0.25) is 0 Å². The van der Waals surface area contributed by atoms with Gasteiger partial charge in [-0.2, -0.15) is 0 Å². The number of aryl methyl sites for hydroxylation is 1. The Labute approximate surface area is 191 Å². The molecule has 7 heteroatoms. The standard InChI is InChI=1S/C25H26N4O2S/c1-16(2)21(15-26-24(31)22-17(3)27-25-29(22)13-14-32-25)28-23(30)20-12-8-7-11-19(20)18-9-5-4-6-10-18/h4-14,16,21H,15H2,1-3H3,(H,26,31)(H,28,30). The molecule has 0 fully saturated rings. The maximum absolute atomic E-state index is 13.2. The Balaban J connectivity index is 1.49. The number of nitrogens with zero attached hydrogens (tertiary/aromatic N) is 2. The minimum absolute atomic E-state index is 0.135. The summed E-state index contributed by atoms with van der Waals surface area (Å²) in [6, 6.07) is 17.2. The molecular formula is C25H26N4O2S. The summed E-state index contributed by atoms with van der Waals surface area (Å²) in [7, 11) is 0. The van der Waals surface area contributed by atoms with Gasteiger partial charge in [0.05, 0.1) is 5.69 Å². The van der Waals surface area contributed by atoms with Gasteiger partial charge in [0.1, 0.15) is 5.69 Å². The van der Waals surface area contributed by atoms with E-state index in [4.69, 9.17) is 0 Å². The Bertz CT molecular complexity index is 1240. The molecule has 2 N–H and O–H groups in total. The van der Waals surface area contributed by atoms with Gasteiger partial charge in [0.25, 0.3) is 11.8 Å². The minimum atomic E-state index is -0.221. The molecule has 0 saturated heterocycles. The zero-order valence-corrected chi connectivity index (χ0v) is 19.1. The molecule has 0 radical (unpaired) electrons. The van der Waals surface area contributed by atoms with Gasteiger partial charge >= 0.3 is 0 Å². The number of thiazole rings is 1. The summed E-state index contributed by atoms with van der Waals surface area (Å²) in [5, 5.41) is 8.00. The second-order valence-corrected chi connectivity index (χ2v) is 8.92. The highest BCUT2D eigenvalue weighted by molar-refractivity contribution is 7.15. The van der Waals surface area contributed by atoms with Gasteiger partial charge in [0, 0.05) is 29.7 Å². The molecule has 164 valence electrons. The third kappa shape index (κ3) is 4.43. The fraction of sp³-hybridized carbons (Fsp3) is 0.240. The molecule has 0 aliphatic heterocycles. The van der Waals surface area contributed by atoms with Crippen molar-refractivity contribution < 1.29 is 9.59 Å². The Morgan fingerprint density at radius 3 is 2.50 bits per heavy atom. The molecule has 0 saturated carbocycles. The van der Waals surface area contributed by atoms with E-state index in [1.807, 2.05) is 86.9 Å². The molecule has 1 atom stereocenters. The summed E-state index contributed by atoms with van der Waals surface area (Å²) in [4.78, 5) is 31.3. The molecule has 2 aromatic heterocycles. The molecule has 1 unspecified atom stereocenters. The van der Waals surface area contributed by atoms with Crippen molar-refractivity contribution >= 4 is 28.1 Å². The van der Waals surface area contributed by atoms with Crippen LogP contribution < -0.4 is 10.6 Å². The lowest BCUT2D eigenvalue weighted by Crippen LogP contribution is -2.47. The summed E-state index contributed by atoms with van der Waals surface area (Å²) < 4.78 is 1.80.